The number of carboxylic acids is 1. The lowest BCUT2D eigenvalue weighted by molar-refractivity contribution is -0.144. The number of hydrogen-bond donors (Lipinski definition) is 2. The number of carboxylic acid groups (broad SMARTS) is 1. The Kier molecular flexibility index (Phi) is 6.52. The van der Waals surface area contributed by atoms with Gasteiger partial charge in [0.05, 0.1) is 6.61 Å². The third-order valence-corrected chi connectivity index (χ3v) is 3.45. The molecule has 0 amide bonds. The van der Waals surface area contributed by atoms with E-state index in [0.29, 0.717) is 19.6 Å². The van der Waals surface area contributed by atoms with Crippen molar-refractivity contribution in [3.63, 3.8) is 0 Å². The summed E-state index contributed by atoms with van der Waals surface area (Å²) in [6.07, 6.45) is 2.24. The molecule has 1 aromatic carbocycles. The van der Waals surface area contributed by atoms with Crippen LogP contribution in [0.5, 0.6) is 5.75 Å². The molecule has 1 unspecified atom stereocenters. The van der Waals surface area contributed by atoms with E-state index in [4.69, 9.17) is 4.74 Å². The van der Waals surface area contributed by atoms with Crippen LogP contribution in [0.4, 0.5) is 0 Å². The maximum atomic E-state index is 11.4. The van der Waals surface area contributed by atoms with E-state index in [-0.39, 0.29) is 0 Å². The van der Waals surface area contributed by atoms with E-state index >= 15 is 0 Å². The van der Waals surface area contributed by atoms with Crippen LogP contribution in [0.3, 0.4) is 0 Å². The smallest absolute Gasteiger partial charge is 0.323 e. The van der Waals surface area contributed by atoms with E-state index in [2.05, 4.69) is 12.2 Å². The number of para-hydroxylation sites is 1. The van der Waals surface area contributed by atoms with E-state index in [1.165, 1.54) is 0 Å². The molecule has 4 nitrogen and oxygen atoms in total. The minimum atomic E-state index is -0.933. The summed E-state index contributed by atoms with van der Waals surface area (Å²) >= 11 is 0. The van der Waals surface area contributed by atoms with Crippen LogP contribution in [0, 0.1) is 0 Å². The predicted octanol–water partition coefficient (Wildman–Crippen LogP) is 2.86. The summed E-state index contributed by atoms with van der Waals surface area (Å²) in [5.41, 5.74) is 0.211. The van der Waals surface area contributed by atoms with Gasteiger partial charge in [-0.05, 0) is 37.9 Å². The van der Waals surface area contributed by atoms with Crippen LogP contribution < -0.4 is 10.1 Å². The monoisotopic (exact) mass is 279 g/mol. The Labute approximate surface area is 121 Å². The molecule has 0 aliphatic rings. The fraction of sp³-hybridized carbons (Fsp3) is 0.562. The molecule has 0 heterocycles. The molecule has 0 aliphatic heterocycles. The molecule has 1 rings (SSSR count). The van der Waals surface area contributed by atoms with Gasteiger partial charge in [0.1, 0.15) is 11.3 Å². The molecule has 20 heavy (non-hydrogen) atoms. The quantitative estimate of drug-likeness (QED) is 0.730. The number of nitrogens with one attached hydrogen (secondary N) is 1. The van der Waals surface area contributed by atoms with Crippen LogP contribution >= 0.6 is 0 Å². The van der Waals surface area contributed by atoms with Crippen molar-refractivity contribution in [2.24, 2.45) is 0 Å². The van der Waals surface area contributed by atoms with Crippen LogP contribution in [0.15, 0.2) is 24.3 Å². The second kappa shape index (κ2) is 7.90. The third kappa shape index (κ3) is 4.53. The first-order valence-corrected chi connectivity index (χ1v) is 7.22. The molecule has 0 saturated carbocycles. The highest BCUT2D eigenvalue weighted by molar-refractivity contribution is 5.78. The summed E-state index contributed by atoms with van der Waals surface area (Å²) in [5.74, 6) is 0.0107. The van der Waals surface area contributed by atoms with Gasteiger partial charge < -0.3 is 15.2 Å². The number of benzene rings is 1. The van der Waals surface area contributed by atoms with Crippen molar-refractivity contribution in [1.29, 1.82) is 0 Å². The molecule has 4 heteroatoms. The lowest BCUT2D eigenvalue weighted by Gasteiger charge is -2.26. The SMILES string of the molecule is CCCNC(C)(CCOc1ccccc1CC)C(=O)O. The number of aryl methyl sites for hydroxylation is 1. The van der Waals surface area contributed by atoms with Gasteiger partial charge in [-0.3, -0.25) is 4.79 Å². The Morgan fingerprint density at radius 1 is 1.35 bits per heavy atom. The van der Waals surface area contributed by atoms with Gasteiger partial charge in [-0.2, -0.15) is 0 Å². The number of aliphatic carboxylic acids is 1. The molecule has 0 spiro atoms. The van der Waals surface area contributed by atoms with Crippen molar-refractivity contribution in [3.05, 3.63) is 29.8 Å². The largest absolute Gasteiger partial charge is 0.493 e. The minimum Gasteiger partial charge on any atom is -0.493 e. The Bertz CT molecular complexity index is 433. The van der Waals surface area contributed by atoms with E-state index in [1.54, 1.807) is 6.92 Å². The van der Waals surface area contributed by atoms with Gasteiger partial charge in [-0.1, -0.05) is 32.0 Å². The second-order valence-electron chi connectivity index (χ2n) is 5.12. The van der Waals surface area contributed by atoms with Crippen LogP contribution in [0.25, 0.3) is 0 Å². The predicted molar refractivity (Wildman–Crippen MR) is 80.3 cm³/mol. The van der Waals surface area contributed by atoms with Crippen molar-refractivity contribution >= 4 is 5.97 Å². The van der Waals surface area contributed by atoms with Crippen molar-refractivity contribution in [2.45, 2.75) is 45.6 Å². The number of hydrogen-bond acceptors (Lipinski definition) is 3. The van der Waals surface area contributed by atoms with Gasteiger partial charge in [-0.15, -0.1) is 0 Å². The van der Waals surface area contributed by atoms with E-state index < -0.39 is 11.5 Å². The molecule has 1 atom stereocenters. The van der Waals surface area contributed by atoms with E-state index in [0.717, 1.165) is 24.2 Å². The standard InChI is InChI=1S/C16H25NO3/c1-4-11-17-16(3,15(18)19)10-12-20-14-9-7-6-8-13(14)5-2/h6-9,17H,4-5,10-12H2,1-3H3,(H,18,19). The van der Waals surface area contributed by atoms with Gasteiger partial charge in [0, 0.05) is 6.42 Å². The summed E-state index contributed by atoms with van der Waals surface area (Å²) in [5, 5.41) is 12.4. The summed E-state index contributed by atoms with van der Waals surface area (Å²) < 4.78 is 5.75. The molecule has 1 aromatic rings. The summed E-state index contributed by atoms with van der Waals surface area (Å²) in [6, 6.07) is 7.87. The van der Waals surface area contributed by atoms with Gasteiger partial charge in [0.2, 0.25) is 0 Å². The van der Waals surface area contributed by atoms with Crippen LogP contribution in [-0.2, 0) is 11.2 Å². The fourth-order valence-corrected chi connectivity index (χ4v) is 1.97. The van der Waals surface area contributed by atoms with Crippen molar-refractivity contribution < 1.29 is 14.6 Å². The molecule has 0 aromatic heterocycles. The zero-order chi connectivity index (χ0) is 15.0. The molecule has 112 valence electrons. The third-order valence-electron chi connectivity index (χ3n) is 3.45. The molecular weight excluding hydrogens is 254 g/mol. The van der Waals surface area contributed by atoms with Crippen molar-refractivity contribution in [1.82, 2.24) is 5.32 Å². The maximum absolute atomic E-state index is 11.4. The zero-order valence-electron chi connectivity index (χ0n) is 12.6. The van der Waals surface area contributed by atoms with Crippen LogP contribution in [0.1, 0.15) is 39.2 Å². The lowest BCUT2D eigenvalue weighted by atomic mass is 9.98. The van der Waals surface area contributed by atoms with Crippen molar-refractivity contribution in [2.75, 3.05) is 13.2 Å². The Hall–Kier alpha value is -1.55. The highest BCUT2D eigenvalue weighted by atomic mass is 16.5. The number of ether oxygens (including phenoxy) is 1. The summed E-state index contributed by atoms with van der Waals surface area (Å²) in [7, 11) is 0. The highest BCUT2D eigenvalue weighted by Crippen LogP contribution is 2.19. The first-order chi connectivity index (χ1) is 9.53. The second-order valence-corrected chi connectivity index (χ2v) is 5.12. The zero-order valence-corrected chi connectivity index (χ0v) is 12.6. The Morgan fingerprint density at radius 2 is 2.05 bits per heavy atom. The molecule has 0 bridgehead atoms. The van der Waals surface area contributed by atoms with E-state index in [9.17, 15) is 9.90 Å². The molecule has 0 radical (unpaired) electrons. The summed E-state index contributed by atoms with van der Waals surface area (Å²) in [4.78, 5) is 11.4. The van der Waals surface area contributed by atoms with Crippen LogP contribution in [0.2, 0.25) is 0 Å². The first kappa shape index (κ1) is 16.5. The van der Waals surface area contributed by atoms with E-state index in [1.807, 2.05) is 31.2 Å². The molecular formula is C16H25NO3. The summed E-state index contributed by atoms with van der Waals surface area (Å²) in [6.45, 7) is 6.88. The first-order valence-electron chi connectivity index (χ1n) is 7.22. The molecule has 2 N–H and O–H groups in total. The Morgan fingerprint density at radius 3 is 2.65 bits per heavy atom. The lowest BCUT2D eigenvalue weighted by Crippen LogP contribution is -2.50. The minimum absolute atomic E-state index is 0.385. The average Bonchev–Trinajstić information content (AvgIpc) is 2.45. The number of carbonyl (C=O) groups is 1. The average molecular weight is 279 g/mol. The fourth-order valence-electron chi connectivity index (χ4n) is 1.97. The Balaban J connectivity index is 2.58. The van der Waals surface area contributed by atoms with Gasteiger partial charge in [0.25, 0.3) is 0 Å². The van der Waals surface area contributed by atoms with Crippen molar-refractivity contribution in [3.8, 4) is 5.75 Å². The van der Waals surface area contributed by atoms with Gasteiger partial charge in [-0.25, -0.2) is 0 Å². The molecule has 0 fully saturated rings. The van der Waals surface area contributed by atoms with Gasteiger partial charge in [0.15, 0.2) is 0 Å². The normalized spacial score (nSPS) is 13.8. The maximum Gasteiger partial charge on any atom is 0.323 e. The highest BCUT2D eigenvalue weighted by Gasteiger charge is 2.32. The van der Waals surface area contributed by atoms with Gasteiger partial charge >= 0.3 is 5.97 Å². The topological polar surface area (TPSA) is 58.6 Å². The molecule has 0 saturated heterocycles. The molecule has 0 aliphatic carbocycles. The van der Waals surface area contributed by atoms with Crippen LogP contribution in [-0.4, -0.2) is 29.8 Å². The number of rotatable bonds is 9.